The third-order valence-electron chi connectivity index (χ3n) is 2.16. The highest BCUT2D eigenvalue weighted by atomic mass is 35.5. The van der Waals surface area contributed by atoms with Gasteiger partial charge in [0.25, 0.3) is 10.0 Å². The summed E-state index contributed by atoms with van der Waals surface area (Å²) in [5.41, 5.74) is 0. The first kappa shape index (κ1) is 14.7. The number of methoxy groups -OCH3 is 1. The smallest absolute Gasteiger partial charge is 0.349 e. The van der Waals surface area contributed by atoms with Gasteiger partial charge in [0.1, 0.15) is 27.1 Å². The van der Waals surface area contributed by atoms with Gasteiger partial charge < -0.3 is 4.74 Å². The number of carbonyl (C=O) groups excluding carboxylic acids is 1. The molecule has 2 heterocycles. The maximum atomic E-state index is 12.2. The number of sulfonamides is 1. The number of hydrogen-bond donors (Lipinski definition) is 1. The Hall–Kier alpha value is -1.71. The van der Waals surface area contributed by atoms with Gasteiger partial charge in [-0.15, -0.1) is 11.3 Å². The van der Waals surface area contributed by atoms with Gasteiger partial charge in [-0.25, -0.2) is 23.2 Å². The molecule has 0 unspecified atom stereocenters. The molecule has 0 aliphatic rings. The van der Waals surface area contributed by atoms with Crippen LogP contribution in [0.1, 0.15) is 9.67 Å². The lowest BCUT2D eigenvalue weighted by Gasteiger charge is -2.07. The van der Waals surface area contributed by atoms with Crippen LogP contribution in [-0.2, 0) is 14.8 Å². The molecule has 7 nitrogen and oxygen atoms in total. The molecule has 0 atom stereocenters. The van der Waals surface area contributed by atoms with Gasteiger partial charge in [0, 0.05) is 6.07 Å². The summed E-state index contributed by atoms with van der Waals surface area (Å²) >= 11 is 6.62. The Labute approximate surface area is 123 Å². The third-order valence-corrected chi connectivity index (χ3v) is 4.79. The quantitative estimate of drug-likeness (QED) is 0.676. The van der Waals surface area contributed by atoms with Crippen molar-refractivity contribution in [2.45, 2.75) is 4.90 Å². The van der Waals surface area contributed by atoms with Crippen LogP contribution in [0, 0.1) is 0 Å². The van der Waals surface area contributed by atoms with Crippen molar-refractivity contribution >= 4 is 44.7 Å². The fraction of sp³-hybridized carbons (Fsp3) is 0.100. The molecule has 1 N–H and O–H groups in total. The maximum absolute atomic E-state index is 12.2. The molecule has 0 saturated heterocycles. The Morgan fingerprint density at radius 2 is 2.20 bits per heavy atom. The molecule has 2 aromatic rings. The fourth-order valence-electron chi connectivity index (χ4n) is 1.33. The minimum absolute atomic E-state index is 0.00650. The number of nitrogens with zero attached hydrogens (tertiary/aromatic N) is 2. The number of rotatable bonds is 4. The van der Waals surface area contributed by atoms with Crippen LogP contribution in [0.3, 0.4) is 0 Å². The number of nitrogens with one attached hydrogen (secondary N) is 1. The molecule has 106 valence electrons. The molecule has 0 bridgehead atoms. The predicted molar refractivity (Wildman–Crippen MR) is 73.5 cm³/mol. The zero-order valence-electron chi connectivity index (χ0n) is 10.0. The lowest BCUT2D eigenvalue weighted by molar-refractivity contribution is 0.0602. The molecule has 0 aliphatic carbocycles. The number of hydrogen-bond acceptors (Lipinski definition) is 7. The normalized spacial score (nSPS) is 11.1. The second-order valence-electron chi connectivity index (χ2n) is 3.44. The monoisotopic (exact) mass is 333 g/mol. The Morgan fingerprint density at radius 1 is 1.45 bits per heavy atom. The van der Waals surface area contributed by atoms with E-state index in [1.165, 1.54) is 24.6 Å². The summed E-state index contributed by atoms with van der Waals surface area (Å²) in [5.74, 6) is -0.715. The molecule has 0 aliphatic heterocycles. The second-order valence-corrected chi connectivity index (χ2v) is 6.39. The number of halogens is 1. The number of aromatic nitrogens is 2. The van der Waals surface area contributed by atoms with Crippen LogP contribution >= 0.6 is 22.9 Å². The highest BCUT2D eigenvalue weighted by Gasteiger charge is 2.25. The number of esters is 1. The van der Waals surface area contributed by atoms with Crippen LogP contribution in [0.25, 0.3) is 0 Å². The Morgan fingerprint density at radius 3 is 2.85 bits per heavy atom. The number of thiophene rings is 1. The van der Waals surface area contributed by atoms with E-state index in [9.17, 15) is 13.2 Å². The van der Waals surface area contributed by atoms with E-state index < -0.39 is 16.0 Å². The van der Waals surface area contributed by atoms with Gasteiger partial charge in [0.05, 0.1) is 7.11 Å². The average molecular weight is 334 g/mol. The molecular weight excluding hydrogens is 326 g/mol. The average Bonchev–Trinajstić information content (AvgIpc) is 2.87. The van der Waals surface area contributed by atoms with E-state index in [2.05, 4.69) is 19.4 Å². The van der Waals surface area contributed by atoms with Crippen molar-refractivity contribution < 1.29 is 17.9 Å². The summed E-state index contributed by atoms with van der Waals surface area (Å²) in [7, 11) is -2.79. The Kier molecular flexibility index (Phi) is 4.21. The fourth-order valence-corrected chi connectivity index (χ4v) is 3.81. The number of ether oxygens (including phenoxy) is 1. The summed E-state index contributed by atoms with van der Waals surface area (Å²) in [4.78, 5) is 18.7. The van der Waals surface area contributed by atoms with Gasteiger partial charge >= 0.3 is 5.97 Å². The minimum Gasteiger partial charge on any atom is -0.465 e. The topological polar surface area (TPSA) is 98.2 Å². The largest absolute Gasteiger partial charge is 0.465 e. The van der Waals surface area contributed by atoms with E-state index in [1.54, 1.807) is 0 Å². The van der Waals surface area contributed by atoms with E-state index in [-0.39, 0.29) is 20.7 Å². The van der Waals surface area contributed by atoms with Crippen molar-refractivity contribution in [3.8, 4) is 0 Å². The van der Waals surface area contributed by atoms with Crippen molar-refractivity contribution in [3.63, 3.8) is 0 Å². The van der Waals surface area contributed by atoms with Crippen LogP contribution in [-0.4, -0.2) is 31.5 Å². The number of anilines is 1. The van der Waals surface area contributed by atoms with Crippen molar-refractivity contribution in [2.24, 2.45) is 0 Å². The molecule has 10 heteroatoms. The molecule has 0 amide bonds. The number of carbonyl (C=O) groups is 1. The molecule has 0 saturated carbocycles. The first-order chi connectivity index (χ1) is 9.44. The molecule has 20 heavy (non-hydrogen) atoms. The standard InChI is InChI=1S/C10H8ClN3O4S2/c1-18-10(15)9-6(2-3-19-9)20(16,17)14-8-4-7(11)12-5-13-8/h2-5H,1H3,(H,12,13,14). The van der Waals surface area contributed by atoms with E-state index in [4.69, 9.17) is 11.6 Å². The Balaban J connectivity index is 2.36. The molecule has 0 spiro atoms. The lowest BCUT2D eigenvalue weighted by Crippen LogP contribution is -2.16. The van der Waals surface area contributed by atoms with Crippen LogP contribution < -0.4 is 4.72 Å². The van der Waals surface area contributed by atoms with E-state index in [0.717, 1.165) is 17.7 Å². The molecule has 0 fully saturated rings. The summed E-state index contributed by atoms with van der Waals surface area (Å²) in [6.07, 6.45) is 1.12. The lowest BCUT2D eigenvalue weighted by atomic mass is 10.5. The summed E-state index contributed by atoms with van der Waals surface area (Å²) in [5, 5.41) is 1.57. The molecule has 0 aromatic carbocycles. The molecule has 2 rings (SSSR count). The van der Waals surface area contributed by atoms with Crippen molar-refractivity contribution in [3.05, 3.63) is 33.9 Å². The van der Waals surface area contributed by atoms with Gasteiger partial charge in [0.15, 0.2) is 0 Å². The SMILES string of the molecule is COC(=O)c1sccc1S(=O)(=O)Nc1cc(Cl)ncn1. The highest BCUT2D eigenvalue weighted by molar-refractivity contribution is 7.93. The van der Waals surface area contributed by atoms with Crippen LogP contribution in [0.5, 0.6) is 0 Å². The van der Waals surface area contributed by atoms with Gasteiger partial charge in [0.2, 0.25) is 0 Å². The summed E-state index contributed by atoms with van der Waals surface area (Å²) < 4.78 is 31.1. The predicted octanol–water partition coefficient (Wildman–Crippen LogP) is 1.78. The van der Waals surface area contributed by atoms with E-state index in [0.29, 0.717) is 0 Å². The van der Waals surface area contributed by atoms with Crippen LogP contribution in [0.2, 0.25) is 5.15 Å². The first-order valence-electron chi connectivity index (χ1n) is 5.10. The second kappa shape index (κ2) is 5.73. The molecule has 2 aromatic heterocycles. The van der Waals surface area contributed by atoms with Crippen LogP contribution in [0.15, 0.2) is 28.7 Å². The first-order valence-corrected chi connectivity index (χ1v) is 7.84. The maximum Gasteiger partial charge on any atom is 0.349 e. The van der Waals surface area contributed by atoms with Gasteiger partial charge in [-0.1, -0.05) is 11.6 Å². The van der Waals surface area contributed by atoms with Crippen molar-refractivity contribution in [1.82, 2.24) is 9.97 Å². The van der Waals surface area contributed by atoms with Gasteiger partial charge in [-0.3, -0.25) is 4.72 Å². The van der Waals surface area contributed by atoms with Crippen molar-refractivity contribution in [1.29, 1.82) is 0 Å². The van der Waals surface area contributed by atoms with E-state index >= 15 is 0 Å². The minimum atomic E-state index is -3.96. The highest BCUT2D eigenvalue weighted by Crippen LogP contribution is 2.24. The summed E-state index contributed by atoms with van der Waals surface area (Å²) in [6.45, 7) is 0. The summed E-state index contributed by atoms with van der Waals surface area (Å²) in [6, 6.07) is 2.56. The van der Waals surface area contributed by atoms with E-state index in [1.807, 2.05) is 0 Å². The molecule has 0 radical (unpaired) electrons. The van der Waals surface area contributed by atoms with Crippen LogP contribution in [0.4, 0.5) is 5.82 Å². The Bertz CT molecular complexity index is 744. The van der Waals surface area contributed by atoms with Crippen molar-refractivity contribution in [2.75, 3.05) is 11.8 Å². The molecular formula is C10H8ClN3O4S2. The van der Waals surface area contributed by atoms with Gasteiger partial charge in [-0.05, 0) is 11.4 Å². The van der Waals surface area contributed by atoms with Gasteiger partial charge in [-0.2, -0.15) is 0 Å². The third kappa shape index (κ3) is 3.06. The zero-order valence-corrected chi connectivity index (χ0v) is 12.4. The zero-order chi connectivity index (χ0) is 14.8.